The monoisotopic (exact) mass is 811 g/mol. The number of alkyl carbamates (subject to hydrolysis) is 1. The minimum Gasteiger partial charge on any atom is -0.493 e. The van der Waals surface area contributed by atoms with E-state index in [0.29, 0.717) is 6.42 Å². The summed E-state index contributed by atoms with van der Waals surface area (Å²) in [4.78, 5) is 42.2. The van der Waals surface area contributed by atoms with Gasteiger partial charge in [-0.25, -0.2) is 4.79 Å². The molecule has 3 heterocycles. The van der Waals surface area contributed by atoms with Gasteiger partial charge in [0.05, 0.1) is 46.0 Å². The van der Waals surface area contributed by atoms with Gasteiger partial charge in [-0.15, -0.1) is 0 Å². The van der Waals surface area contributed by atoms with E-state index in [-0.39, 0.29) is 44.3 Å². The molecule has 0 aromatic heterocycles. The van der Waals surface area contributed by atoms with Crippen molar-refractivity contribution in [3.05, 3.63) is 154 Å². The first-order chi connectivity index (χ1) is 29.3. The smallest absolute Gasteiger partial charge is 0.408 e. The Labute approximate surface area is 349 Å². The Morgan fingerprint density at radius 1 is 0.783 bits per heavy atom. The number of methoxy groups -OCH3 is 2. The first-order valence-electron chi connectivity index (χ1n) is 20.2. The van der Waals surface area contributed by atoms with Crippen LogP contribution in [0.15, 0.2) is 115 Å². The van der Waals surface area contributed by atoms with Crippen molar-refractivity contribution in [1.29, 1.82) is 0 Å². The van der Waals surface area contributed by atoms with Crippen LogP contribution >= 0.6 is 0 Å². The van der Waals surface area contributed by atoms with Crippen LogP contribution in [0, 0.1) is 0 Å². The number of imide groups is 1. The molecule has 2 fully saturated rings. The van der Waals surface area contributed by atoms with E-state index in [2.05, 4.69) is 22.3 Å². The van der Waals surface area contributed by atoms with Crippen LogP contribution < -0.4 is 14.8 Å². The minimum absolute atomic E-state index is 0.0249. The van der Waals surface area contributed by atoms with E-state index in [0.717, 1.165) is 76.5 Å². The van der Waals surface area contributed by atoms with Gasteiger partial charge in [0.1, 0.15) is 12.6 Å². The molecule has 5 aromatic rings. The SMILES string of the molecule is COc1cc2c(cc1OC)CN(C[C@H]1C[C@@H](c3ccc(CO)cc3)O[C@@H](c3ccc(-c4cccc(CN5C(=O)CC(NC(=O)OCc6ccccc6)C5=O)c4)cc3)O1)CC2. The van der Waals surface area contributed by atoms with Crippen LogP contribution in [0.5, 0.6) is 11.5 Å². The van der Waals surface area contributed by atoms with Crippen molar-refractivity contribution in [2.45, 2.75) is 70.1 Å². The number of carbonyl (C=O) groups excluding carboxylic acids is 3. The molecule has 12 heteroatoms. The molecular formula is C48H49N3O9. The minimum atomic E-state index is -0.981. The number of aliphatic hydroxyl groups is 1. The highest BCUT2D eigenvalue weighted by Gasteiger charge is 2.40. The highest BCUT2D eigenvalue weighted by Crippen LogP contribution is 2.40. The van der Waals surface area contributed by atoms with Crippen LogP contribution in [-0.2, 0) is 56.5 Å². The van der Waals surface area contributed by atoms with Gasteiger partial charge in [-0.2, -0.15) is 0 Å². The van der Waals surface area contributed by atoms with Crippen LogP contribution in [0.2, 0.25) is 0 Å². The molecule has 4 atom stereocenters. The Morgan fingerprint density at radius 3 is 2.23 bits per heavy atom. The Hall–Kier alpha value is -6.05. The number of aliphatic hydroxyl groups excluding tert-OH is 1. The van der Waals surface area contributed by atoms with Crippen LogP contribution in [-0.4, -0.2) is 72.3 Å². The predicted octanol–water partition coefficient (Wildman–Crippen LogP) is 7.02. The molecule has 0 spiro atoms. The molecule has 3 amide bonds. The maximum Gasteiger partial charge on any atom is 0.408 e. The topological polar surface area (TPSA) is 136 Å². The summed E-state index contributed by atoms with van der Waals surface area (Å²) in [6.07, 6.45) is -0.256. The van der Waals surface area contributed by atoms with Crippen LogP contribution in [0.1, 0.15) is 64.2 Å². The molecule has 60 heavy (non-hydrogen) atoms. The van der Waals surface area contributed by atoms with Gasteiger partial charge in [0.2, 0.25) is 5.91 Å². The number of rotatable bonds is 13. The number of hydrogen-bond donors (Lipinski definition) is 2. The zero-order valence-electron chi connectivity index (χ0n) is 33.8. The molecule has 2 N–H and O–H groups in total. The third kappa shape index (κ3) is 9.37. The molecule has 0 bridgehead atoms. The summed E-state index contributed by atoms with van der Waals surface area (Å²) in [6.45, 7) is 2.50. The highest BCUT2D eigenvalue weighted by molar-refractivity contribution is 6.06. The summed E-state index contributed by atoms with van der Waals surface area (Å²) in [5.74, 6) is 0.640. The molecule has 0 saturated carbocycles. The molecule has 3 aliphatic heterocycles. The van der Waals surface area contributed by atoms with E-state index < -0.39 is 24.3 Å². The van der Waals surface area contributed by atoms with Gasteiger partial charge in [-0.1, -0.05) is 97.1 Å². The fraction of sp³-hybridized carbons (Fsp3) is 0.312. The summed E-state index contributed by atoms with van der Waals surface area (Å²) < 4.78 is 29.8. The average Bonchev–Trinajstić information content (AvgIpc) is 3.55. The zero-order valence-corrected chi connectivity index (χ0v) is 33.8. The summed E-state index contributed by atoms with van der Waals surface area (Å²) in [6, 6.07) is 36.1. The molecule has 3 aliphatic rings. The van der Waals surface area contributed by atoms with Crippen molar-refractivity contribution >= 4 is 17.9 Å². The van der Waals surface area contributed by atoms with Crippen molar-refractivity contribution in [1.82, 2.24) is 15.1 Å². The molecule has 8 rings (SSSR count). The Balaban J connectivity index is 0.931. The second kappa shape index (κ2) is 18.5. The Kier molecular flexibility index (Phi) is 12.5. The van der Waals surface area contributed by atoms with Gasteiger partial charge in [-0.05, 0) is 69.1 Å². The average molecular weight is 812 g/mol. The van der Waals surface area contributed by atoms with Crippen molar-refractivity contribution in [2.75, 3.05) is 27.3 Å². The summed E-state index contributed by atoms with van der Waals surface area (Å²) in [5.41, 5.74) is 8.69. The number of nitrogens with zero attached hydrogens (tertiary/aromatic N) is 2. The summed E-state index contributed by atoms with van der Waals surface area (Å²) in [5, 5.41) is 12.2. The molecule has 2 saturated heterocycles. The number of ether oxygens (including phenoxy) is 5. The number of carbonyl (C=O) groups is 3. The Morgan fingerprint density at radius 2 is 1.50 bits per heavy atom. The largest absolute Gasteiger partial charge is 0.493 e. The normalized spacial score (nSPS) is 20.4. The highest BCUT2D eigenvalue weighted by atomic mass is 16.7. The van der Waals surface area contributed by atoms with Crippen molar-refractivity contribution in [3.8, 4) is 22.6 Å². The van der Waals surface area contributed by atoms with E-state index in [1.165, 1.54) is 16.0 Å². The van der Waals surface area contributed by atoms with Gasteiger partial charge in [0.25, 0.3) is 5.91 Å². The van der Waals surface area contributed by atoms with Crippen LogP contribution in [0.4, 0.5) is 4.79 Å². The zero-order chi connectivity index (χ0) is 41.6. The fourth-order valence-corrected chi connectivity index (χ4v) is 8.15. The second-order valence-corrected chi connectivity index (χ2v) is 15.4. The van der Waals surface area contributed by atoms with E-state index in [4.69, 9.17) is 23.7 Å². The lowest BCUT2D eigenvalue weighted by Gasteiger charge is -2.39. The number of amides is 3. The summed E-state index contributed by atoms with van der Waals surface area (Å²) in [7, 11) is 3.32. The molecule has 0 aliphatic carbocycles. The molecule has 5 aromatic carbocycles. The molecule has 12 nitrogen and oxygen atoms in total. The summed E-state index contributed by atoms with van der Waals surface area (Å²) >= 11 is 0. The van der Waals surface area contributed by atoms with Gasteiger partial charge in [0.15, 0.2) is 17.8 Å². The predicted molar refractivity (Wildman–Crippen MR) is 223 cm³/mol. The van der Waals surface area contributed by atoms with Gasteiger partial charge >= 0.3 is 6.09 Å². The first kappa shape index (κ1) is 40.7. The molecule has 0 radical (unpaired) electrons. The van der Waals surface area contributed by atoms with E-state index in [9.17, 15) is 19.5 Å². The number of likely N-dealkylation sites (tertiary alicyclic amines) is 1. The van der Waals surface area contributed by atoms with Crippen molar-refractivity contribution in [3.63, 3.8) is 0 Å². The lowest BCUT2D eigenvalue weighted by atomic mass is 9.96. The molecule has 1 unspecified atom stereocenters. The van der Waals surface area contributed by atoms with Crippen LogP contribution in [0.25, 0.3) is 11.1 Å². The van der Waals surface area contributed by atoms with E-state index in [1.807, 2.05) is 103 Å². The number of fused-ring (bicyclic) bond motifs is 1. The number of nitrogens with one attached hydrogen (secondary N) is 1. The quantitative estimate of drug-likeness (QED) is 0.120. The lowest BCUT2D eigenvalue weighted by molar-refractivity contribution is -0.253. The van der Waals surface area contributed by atoms with E-state index in [1.54, 1.807) is 14.2 Å². The molecule has 310 valence electrons. The van der Waals surface area contributed by atoms with Crippen molar-refractivity contribution < 1.29 is 43.2 Å². The molecular weight excluding hydrogens is 763 g/mol. The van der Waals surface area contributed by atoms with Gasteiger partial charge < -0.3 is 34.1 Å². The Bertz CT molecular complexity index is 2300. The maximum absolute atomic E-state index is 13.2. The standard InChI is InChI=1S/C48H49N3O9/c1-56-43-22-38-19-20-50(27-39(38)23-44(43)57-2)28-40-24-42(35-13-11-31(29-52)12-14-35)60-47(59-40)36-17-15-34(16-18-36)37-10-6-9-33(21-37)26-51-45(53)25-41(46(51)54)49-48(55)58-30-32-7-4-3-5-8-32/h3-18,21-23,40-42,47,52H,19-20,24-30H2,1-2H3,(H,49,55)/t40-,41?,42+,47+/m1/s1. The van der Waals surface area contributed by atoms with Crippen molar-refractivity contribution in [2.24, 2.45) is 0 Å². The van der Waals surface area contributed by atoms with Crippen LogP contribution in [0.3, 0.4) is 0 Å². The third-order valence-electron chi connectivity index (χ3n) is 11.4. The second-order valence-electron chi connectivity index (χ2n) is 15.4. The maximum atomic E-state index is 13.2. The number of benzene rings is 5. The van der Waals surface area contributed by atoms with E-state index >= 15 is 0 Å². The lowest BCUT2D eigenvalue weighted by Crippen LogP contribution is -2.41. The fourth-order valence-electron chi connectivity index (χ4n) is 8.15. The van der Waals surface area contributed by atoms with Gasteiger partial charge in [0, 0.05) is 31.6 Å². The number of hydrogen-bond acceptors (Lipinski definition) is 10. The first-order valence-corrected chi connectivity index (χ1v) is 20.2. The van der Waals surface area contributed by atoms with Gasteiger partial charge in [-0.3, -0.25) is 19.4 Å². The third-order valence-corrected chi connectivity index (χ3v) is 11.4.